The average Bonchev–Trinajstić information content (AvgIpc) is 3.39. The molecule has 3 rings (SSSR count). The third-order valence-corrected chi connectivity index (χ3v) is 9.48. The van der Waals surface area contributed by atoms with Gasteiger partial charge in [-0.3, -0.25) is 14.4 Å². The van der Waals surface area contributed by atoms with Crippen LogP contribution in [0, 0.1) is 30.1 Å². The first kappa shape index (κ1) is 32.4. The highest BCUT2D eigenvalue weighted by molar-refractivity contribution is 7.09. The first-order chi connectivity index (χ1) is 18.6. The fraction of sp³-hybridized carbons (Fsp3) is 0.742. The Balaban J connectivity index is 1.93. The number of rotatable bonds is 4. The van der Waals surface area contributed by atoms with E-state index in [1.165, 1.54) is 0 Å². The Kier molecular flexibility index (Phi) is 10.7. The molecule has 0 radical (unpaired) electrons. The highest BCUT2D eigenvalue weighted by Gasteiger charge is 2.51. The Morgan fingerprint density at radius 3 is 2.50 bits per heavy atom. The summed E-state index contributed by atoms with van der Waals surface area (Å²) in [5, 5.41) is 24.8. The number of fused-ring (bicyclic) bond motifs is 1. The molecule has 1 aromatic rings. The summed E-state index contributed by atoms with van der Waals surface area (Å²) >= 11 is 1.54. The van der Waals surface area contributed by atoms with Crippen molar-refractivity contribution >= 4 is 35.1 Å². The minimum Gasteiger partial charge on any atom is -0.458 e. The molecule has 1 aromatic heterocycles. The molecule has 0 aromatic carbocycles. The van der Waals surface area contributed by atoms with Crippen molar-refractivity contribution in [3.05, 3.63) is 21.7 Å². The quantitative estimate of drug-likeness (QED) is 0.385. The van der Waals surface area contributed by atoms with Crippen molar-refractivity contribution in [3.63, 3.8) is 0 Å². The number of hydrogen-bond acceptors (Lipinski definition) is 8. The molecule has 2 N–H and O–H groups in total. The molecular weight excluding hydrogens is 528 g/mol. The highest BCUT2D eigenvalue weighted by atomic mass is 32.1. The number of aromatic nitrogens is 1. The second-order valence-corrected chi connectivity index (χ2v) is 14.0. The molecule has 2 fully saturated rings. The van der Waals surface area contributed by atoms with Crippen molar-refractivity contribution in [1.82, 2.24) is 9.88 Å². The normalized spacial score (nSPS) is 32.5. The van der Waals surface area contributed by atoms with Gasteiger partial charge in [0.15, 0.2) is 0 Å². The van der Waals surface area contributed by atoms with Crippen molar-refractivity contribution in [3.8, 4) is 0 Å². The van der Waals surface area contributed by atoms with Crippen LogP contribution < -0.4 is 0 Å². The van der Waals surface area contributed by atoms with Crippen molar-refractivity contribution in [1.29, 1.82) is 0 Å². The molecule has 3 heterocycles. The largest absolute Gasteiger partial charge is 0.458 e. The number of carbonyl (C=O) groups excluding carboxylic acids is 3. The van der Waals surface area contributed by atoms with E-state index in [4.69, 9.17) is 4.74 Å². The molecule has 0 bridgehead atoms. The Hall–Kier alpha value is -2.10. The summed E-state index contributed by atoms with van der Waals surface area (Å²) in [6.07, 6.45) is 2.05. The lowest BCUT2D eigenvalue weighted by Crippen LogP contribution is -2.45. The van der Waals surface area contributed by atoms with E-state index in [-0.39, 0.29) is 42.0 Å². The third kappa shape index (κ3) is 7.79. The van der Waals surface area contributed by atoms with Crippen LogP contribution in [0.15, 0.2) is 11.0 Å². The Bertz CT molecular complexity index is 1100. The molecule has 2 aliphatic heterocycles. The van der Waals surface area contributed by atoms with Gasteiger partial charge in [0.25, 0.3) is 0 Å². The summed E-state index contributed by atoms with van der Waals surface area (Å²) in [5.74, 6) is -1.36. The first-order valence-electron chi connectivity index (χ1n) is 14.6. The maximum atomic E-state index is 13.3. The van der Waals surface area contributed by atoms with Crippen molar-refractivity contribution in [2.75, 3.05) is 0 Å². The molecule has 0 saturated carbocycles. The lowest BCUT2D eigenvalue weighted by atomic mass is 9.73. The molecular formula is C31H48N2O6S. The zero-order valence-electron chi connectivity index (χ0n) is 25.3. The number of ether oxygens (including phenoxy) is 1. The Morgan fingerprint density at radius 2 is 1.90 bits per heavy atom. The number of carbonyl (C=O) groups is 3. The number of thiazole rings is 1. The molecule has 40 heavy (non-hydrogen) atoms. The van der Waals surface area contributed by atoms with E-state index in [0.29, 0.717) is 12.8 Å². The SMILES string of the molecule is C/C(=C\c1csc(C)n1)C1CC2[C@@H](CCC[C@H](C)[C@H](O)[C@@H](C)C(=O)C(C)(C)[C@@H](O)CC(=O)O1)N2C(=O)CC(C)C. The van der Waals surface area contributed by atoms with Crippen LogP contribution in [0.3, 0.4) is 0 Å². The van der Waals surface area contributed by atoms with Crippen molar-refractivity contribution in [2.45, 2.75) is 124 Å². The number of esters is 1. The predicted octanol–water partition coefficient (Wildman–Crippen LogP) is 4.95. The monoisotopic (exact) mass is 576 g/mol. The molecule has 7 atom stereocenters. The molecule has 2 saturated heterocycles. The summed E-state index contributed by atoms with van der Waals surface area (Å²) in [6.45, 7) is 14.7. The van der Waals surface area contributed by atoms with Gasteiger partial charge in [0.2, 0.25) is 5.91 Å². The minimum atomic E-state index is -1.27. The van der Waals surface area contributed by atoms with Gasteiger partial charge in [-0.15, -0.1) is 11.3 Å². The van der Waals surface area contributed by atoms with E-state index >= 15 is 0 Å². The van der Waals surface area contributed by atoms with Gasteiger partial charge in [-0.1, -0.05) is 48.0 Å². The van der Waals surface area contributed by atoms with Gasteiger partial charge in [-0.2, -0.15) is 0 Å². The Labute approximate surface area is 243 Å². The number of amides is 1. The molecule has 0 spiro atoms. The smallest absolute Gasteiger partial charge is 0.309 e. The van der Waals surface area contributed by atoms with Crippen LogP contribution in [0.5, 0.6) is 0 Å². The van der Waals surface area contributed by atoms with Crippen LogP contribution in [-0.4, -0.2) is 68.2 Å². The van der Waals surface area contributed by atoms with Crippen LogP contribution in [0.4, 0.5) is 0 Å². The summed E-state index contributed by atoms with van der Waals surface area (Å²) in [6, 6.07) is -0.0119. The summed E-state index contributed by atoms with van der Waals surface area (Å²) in [5.41, 5.74) is 0.365. The molecule has 8 nitrogen and oxygen atoms in total. The van der Waals surface area contributed by atoms with E-state index in [2.05, 4.69) is 4.98 Å². The lowest BCUT2D eigenvalue weighted by molar-refractivity contribution is -0.154. The second kappa shape index (κ2) is 13.3. The van der Waals surface area contributed by atoms with Gasteiger partial charge in [0.1, 0.15) is 11.9 Å². The number of aliphatic hydroxyl groups excluding tert-OH is 2. The maximum absolute atomic E-state index is 13.3. The number of aryl methyl sites for hydroxylation is 1. The van der Waals surface area contributed by atoms with Crippen LogP contribution in [0.2, 0.25) is 0 Å². The van der Waals surface area contributed by atoms with Crippen LogP contribution in [0.1, 0.15) is 97.7 Å². The predicted molar refractivity (Wildman–Crippen MR) is 156 cm³/mol. The van der Waals surface area contributed by atoms with Gasteiger partial charge in [-0.25, -0.2) is 4.98 Å². The summed E-state index contributed by atoms with van der Waals surface area (Å²) in [7, 11) is 0. The molecule has 2 unspecified atom stereocenters. The zero-order chi connectivity index (χ0) is 29.9. The average molecular weight is 577 g/mol. The number of nitrogens with zero attached hydrogens (tertiary/aromatic N) is 2. The highest BCUT2D eigenvalue weighted by Crippen LogP contribution is 2.40. The third-order valence-electron chi connectivity index (χ3n) is 8.69. The van der Waals surface area contributed by atoms with Crippen LogP contribution in [0.25, 0.3) is 6.08 Å². The molecule has 1 amide bonds. The van der Waals surface area contributed by atoms with Crippen LogP contribution in [-0.2, 0) is 19.1 Å². The van der Waals surface area contributed by atoms with Crippen molar-refractivity contribution < 1.29 is 29.3 Å². The van der Waals surface area contributed by atoms with Gasteiger partial charge >= 0.3 is 5.97 Å². The molecule has 224 valence electrons. The van der Waals surface area contributed by atoms with Gasteiger partial charge in [0, 0.05) is 24.1 Å². The summed E-state index contributed by atoms with van der Waals surface area (Å²) < 4.78 is 5.97. The van der Waals surface area contributed by atoms with E-state index in [1.54, 1.807) is 32.1 Å². The van der Waals surface area contributed by atoms with Gasteiger partial charge in [0.05, 0.1) is 46.8 Å². The number of cyclic esters (lactones) is 1. The Morgan fingerprint density at radius 1 is 1.23 bits per heavy atom. The number of Topliss-reactive ketones (excluding diaryl/α,β-unsaturated/α-hetero) is 1. The fourth-order valence-electron chi connectivity index (χ4n) is 5.92. The summed E-state index contributed by atoms with van der Waals surface area (Å²) in [4.78, 5) is 46.1. The zero-order valence-corrected chi connectivity index (χ0v) is 26.2. The van der Waals surface area contributed by atoms with Crippen LogP contribution >= 0.6 is 11.3 Å². The second-order valence-electron chi connectivity index (χ2n) is 12.9. The first-order valence-corrected chi connectivity index (χ1v) is 15.5. The van der Waals surface area contributed by atoms with E-state index in [9.17, 15) is 24.6 Å². The van der Waals surface area contributed by atoms with Crippen molar-refractivity contribution in [2.24, 2.45) is 23.2 Å². The number of hydrogen-bond donors (Lipinski definition) is 2. The van der Waals surface area contributed by atoms with E-state index in [0.717, 1.165) is 35.5 Å². The maximum Gasteiger partial charge on any atom is 0.309 e. The molecule has 9 heteroatoms. The standard InChI is InChI=1S/C31H48N2O6S/c1-17(2)12-27(35)33-23-11-9-10-18(3)29(37)20(5)30(38)31(7,8)26(34)15-28(36)39-25(14-24(23)33)19(4)13-22-16-40-21(6)32-22/h13,16-18,20,23-26,29,34,37H,9-12,14-15H2,1-8H3/b19-13+/t18-,20+,23+,24?,25?,26-,29-,33?/m0/s1. The number of aliphatic hydroxyl groups is 2. The fourth-order valence-corrected chi connectivity index (χ4v) is 6.49. The number of ketones is 1. The lowest BCUT2D eigenvalue weighted by Gasteiger charge is -2.34. The molecule has 2 aliphatic rings. The van der Waals surface area contributed by atoms with Gasteiger partial charge in [-0.05, 0) is 50.2 Å². The van der Waals surface area contributed by atoms with E-state index < -0.39 is 35.6 Å². The molecule has 0 aliphatic carbocycles. The minimum absolute atomic E-state index is 0.0441. The van der Waals surface area contributed by atoms with Gasteiger partial charge < -0.3 is 19.8 Å². The van der Waals surface area contributed by atoms with E-state index in [1.807, 2.05) is 51.0 Å². The topological polar surface area (TPSA) is 117 Å².